The number of benzene rings is 1. The molecule has 3 heterocycles. The molecule has 0 atom stereocenters. The smallest absolute Gasteiger partial charge is 0.340 e. The lowest BCUT2D eigenvalue weighted by Gasteiger charge is -2.26. The molecule has 0 aliphatic carbocycles. The predicted octanol–water partition coefficient (Wildman–Crippen LogP) is 2.74. The molecule has 0 N–H and O–H groups in total. The van der Waals surface area contributed by atoms with Crippen molar-refractivity contribution >= 4 is 44.3 Å². The van der Waals surface area contributed by atoms with Gasteiger partial charge in [-0.1, -0.05) is 29.8 Å². The molecular formula is C19H16ClN3O4S. The number of hydrogen-bond acceptors (Lipinski definition) is 6. The van der Waals surface area contributed by atoms with E-state index in [2.05, 4.69) is 9.38 Å². The number of fused-ring (bicyclic) bond motifs is 2. The SMILES string of the molecule is Cc1c(Cl)c(COC(=O)C2=CN3CCS(=O)(=O)N=C3C=C2)nc2ccccc12. The van der Waals surface area contributed by atoms with Crippen molar-refractivity contribution in [3.8, 4) is 0 Å². The molecule has 7 nitrogen and oxygen atoms in total. The van der Waals surface area contributed by atoms with Crippen LogP contribution in [0.3, 0.4) is 0 Å². The van der Waals surface area contributed by atoms with Gasteiger partial charge in [0.05, 0.1) is 27.6 Å². The van der Waals surface area contributed by atoms with Gasteiger partial charge in [0.25, 0.3) is 10.0 Å². The summed E-state index contributed by atoms with van der Waals surface area (Å²) in [5.41, 5.74) is 2.44. The molecule has 2 aliphatic heterocycles. The summed E-state index contributed by atoms with van der Waals surface area (Å²) >= 11 is 6.40. The fourth-order valence-corrected chi connectivity index (χ4v) is 4.22. The molecule has 0 bridgehead atoms. The maximum atomic E-state index is 12.4. The van der Waals surface area contributed by atoms with Gasteiger partial charge in [-0.15, -0.1) is 4.40 Å². The maximum Gasteiger partial charge on any atom is 0.340 e. The molecule has 0 saturated heterocycles. The summed E-state index contributed by atoms with van der Waals surface area (Å²) in [7, 11) is -3.44. The lowest BCUT2D eigenvalue weighted by Crippen LogP contribution is -2.37. The monoisotopic (exact) mass is 417 g/mol. The van der Waals surface area contributed by atoms with Crippen LogP contribution < -0.4 is 0 Å². The number of aryl methyl sites for hydroxylation is 1. The van der Waals surface area contributed by atoms with Gasteiger partial charge in [0.15, 0.2) is 0 Å². The van der Waals surface area contributed by atoms with Crippen molar-refractivity contribution < 1.29 is 17.9 Å². The highest BCUT2D eigenvalue weighted by atomic mass is 35.5. The van der Waals surface area contributed by atoms with Crippen molar-refractivity contribution in [3.05, 3.63) is 64.5 Å². The van der Waals surface area contributed by atoms with Gasteiger partial charge in [-0.05, 0) is 30.7 Å². The third kappa shape index (κ3) is 3.53. The molecule has 0 saturated carbocycles. The number of para-hydroxylation sites is 1. The van der Waals surface area contributed by atoms with Crippen LogP contribution in [-0.2, 0) is 26.2 Å². The van der Waals surface area contributed by atoms with Crippen molar-refractivity contribution in [1.82, 2.24) is 9.88 Å². The average Bonchev–Trinajstić information content (AvgIpc) is 2.68. The van der Waals surface area contributed by atoms with Crippen molar-refractivity contribution in [2.75, 3.05) is 12.3 Å². The molecule has 1 aromatic heterocycles. The van der Waals surface area contributed by atoms with Crippen LogP contribution in [0.2, 0.25) is 5.02 Å². The predicted molar refractivity (Wildman–Crippen MR) is 106 cm³/mol. The minimum atomic E-state index is -3.44. The Balaban J connectivity index is 1.52. The number of hydrogen-bond donors (Lipinski definition) is 0. The highest BCUT2D eigenvalue weighted by molar-refractivity contribution is 7.90. The Morgan fingerprint density at radius 3 is 2.89 bits per heavy atom. The molecule has 0 fully saturated rings. The summed E-state index contributed by atoms with van der Waals surface area (Å²) in [6.07, 6.45) is 4.51. The van der Waals surface area contributed by atoms with Crippen molar-refractivity contribution in [2.45, 2.75) is 13.5 Å². The van der Waals surface area contributed by atoms with E-state index in [1.165, 1.54) is 18.4 Å². The summed E-state index contributed by atoms with van der Waals surface area (Å²) in [6.45, 7) is 2.07. The third-order valence-electron chi connectivity index (χ3n) is 4.55. The van der Waals surface area contributed by atoms with E-state index < -0.39 is 16.0 Å². The van der Waals surface area contributed by atoms with Gasteiger partial charge in [0.1, 0.15) is 12.4 Å². The van der Waals surface area contributed by atoms with Crippen LogP contribution in [0.15, 0.2) is 52.6 Å². The second kappa shape index (κ2) is 7.03. The van der Waals surface area contributed by atoms with Gasteiger partial charge >= 0.3 is 5.97 Å². The average molecular weight is 418 g/mol. The van der Waals surface area contributed by atoms with E-state index in [-0.39, 0.29) is 24.7 Å². The zero-order valence-corrected chi connectivity index (χ0v) is 16.5. The number of halogens is 1. The first-order valence-electron chi connectivity index (χ1n) is 8.54. The van der Waals surface area contributed by atoms with Gasteiger partial charge in [-0.3, -0.25) is 0 Å². The normalized spacial score (nSPS) is 17.7. The summed E-state index contributed by atoms with van der Waals surface area (Å²) in [6, 6.07) is 7.61. The molecule has 144 valence electrons. The number of amidine groups is 1. The fraction of sp³-hybridized carbons (Fsp3) is 0.211. The number of pyridine rings is 1. The van der Waals surface area contributed by atoms with E-state index in [0.717, 1.165) is 16.5 Å². The van der Waals surface area contributed by atoms with Gasteiger partial charge in [-0.25, -0.2) is 18.2 Å². The second-order valence-corrected chi connectivity index (χ2v) is 8.57. The first kappa shape index (κ1) is 18.6. The van der Waals surface area contributed by atoms with E-state index in [9.17, 15) is 13.2 Å². The van der Waals surface area contributed by atoms with Crippen LogP contribution in [0, 0.1) is 6.92 Å². The highest BCUT2D eigenvalue weighted by Gasteiger charge is 2.25. The standard InChI is InChI=1S/C19H16ClN3O4S/c1-12-14-4-2-3-5-15(14)21-16(18(12)20)11-27-19(24)13-6-7-17-22-28(25,26)9-8-23(17)10-13/h2-7,10H,8-9,11H2,1H3. The molecule has 28 heavy (non-hydrogen) atoms. The van der Waals surface area contributed by atoms with Crippen LogP contribution in [0.25, 0.3) is 10.9 Å². The maximum absolute atomic E-state index is 12.4. The first-order valence-corrected chi connectivity index (χ1v) is 10.5. The number of sulfonamides is 1. The first-order chi connectivity index (χ1) is 13.3. The number of rotatable bonds is 3. The Morgan fingerprint density at radius 2 is 2.07 bits per heavy atom. The molecule has 0 spiro atoms. The van der Waals surface area contributed by atoms with Gasteiger partial charge in [0.2, 0.25) is 0 Å². The van der Waals surface area contributed by atoms with Crippen LogP contribution in [0.4, 0.5) is 0 Å². The summed E-state index contributed by atoms with van der Waals surface area (Å²) in [5.74, 6) is -0.357. The number of esters is 1. The lowest BCUT2D eigenvalue weighted by molar-refractivity contribution is -0.140. The Bertz CT molecular complexity index is 1190. The van der Waals surface area contributed by atoms with Gasteiger partial charge in [0, 0.05) is 18.1 Å². The molecule has 4 rings (SSSR count). The number of ether oxygens (including phenoxy) is 1. The zero-order valence-electron chi connectivity index (χ0n) is 14.9. The Hall–Kier alpha value is -2.71. The van der Waals surface area contributed by atoms with E-state index in [0.29, 0.717) is 16.3 Å². The Morgan fingerprint density at radius 1 is 1.29 bits per heavy atom. The van der Waals surface area contributed by atoms with Crippen molar-refractivity contribution in [2.24, 2.45) is 4.40 Å². The van der Waals surface area contributed by atoms with Crippen LogP contribution in [-0.4, -0.2) is 42.4 Å². The van der Waals surface area contributed by atoms with Crippen LogP contribution in [0.5, 0.6) is 0 Å². The highest BCUT2D eigenvalue weighted by Crippen LogP contribution is 2.27. The lowest BCUT2D eigenvalue weighted by atomic mass is 10.1. The molecule has 2 aliphatic rings. The minimum absolute atomic E-state index is 0.0656. The topological polar surface area (TPSA) is 88.9 Å². The van der Waals surface area contributed by atoms with E-state index >= 15 is 0 Å². The minimum Gasteiger partial charge on any atom is -0.455 e. The third-order valence-corrected chi connectivity index (χ3v) is 6.21. The molecule has 1 aromatic carbocycles. The molecular weight excluding hydrogens is 402 g/mol. The van der Waals surface area contributed by atoms with E-state index in [1.54, 1.807) is 4.90 Å². The van der Waals surface area contributed by atoms with Crippen molar-refractivity contribution in [1.29, 1.82) is 0 Å². The summed E-state index contributed by atoms with van der Waals surface area (Å²) in [5, 5.41) is 1.42. The molecule has 0 amide bonds. The quantitative estimate of drug-likeness (QED) is 0.713. The fourth-order valence-electron chi connectivity index (χ4n) is 3.05. The summed E-state index contributed by atoms with van der Waals surface area (Å²) in [4.78, 5) is 18.5. The number of nitrogens with zero attached hydrogens (tertiary/aromatic N) is 3. The number of carbonyl (C=O) groups is 1. The van der Waals surface area contributed by atoms with Gasteiger partial charge in [-0.2, -0.15) is 0 Å². The number of aromatic nitrogens is 1. The molecule has 9 heteroatoms. The van der Waals surface area contributed by atoms with E-state index in [1.807, 2.05) is 31.2 Å². The van der Waals surface area contributed by atoms with E-state index in [4.69, 9.17) is 16.3 Å². The molecule has 0 radical (unpaired) electrons. The molecule has 0 unspecified atom stereocenters. The van der Waals surface area contributed by atoms with Crippen LogP contribution >= 0.6 is 11.6 Å². The Labute approximate surface area is 167 Å². The second-order valence-electron chi connectivity index (χ2n) is 6.44. The van der Waals surface area contributed by atoms with Gasteiger partial charge < -0.3 is 9.64 Å². The zero-order chi connectivity index (χ0) is 19.9. The molecule has 2 aromatic rings. The van der Waals surface area contributed by atoms with Crippen molar-refractivity contribution in [3.63, 3.8) is 0 Å². The largest absolute Gasteiger partial charge is 0.455 e. The number of carbonyl (C=O) groups excluding carboxylic acids is 1. The summed E-state index contributed by atoms with van der Waals surface area (Å²) < 4.78 is 32.2. The Kier molecular flexibility index (Phi) is 4.68. The van der Waals surface area contributed by atoms with Crippen LogP contribution in [0.1, 0.15) is 11.3 Å².